The molecule has 0 radical (unpaired) electrons. The van der Waals surface area contributed by atoms with Crippen LogP contribution in [0.15, 0.2) is 83.4 Å². The molecule has 1 fully saturated rings. The number of nitrogens with one attached hydrogen (secondary N) is 1. The van der Waals surface area contributed by atoms with Crippen molar-refractivity contribution >= 4 is 46.2 Å². The number of aryl methyl sites for hydroxylation is 1. The van der Waals surface area contributed by atoms with E-state index in [4.69, 9.17) is 39.8 Å². The fraction of sp³-hybridized carbons (Fsp3) is 0.154. The van der Waals surface area contributed by atoms with Crippen molar-refractivity contribution in [3.63, 3.8) is 0 Å². The maximum absolute atomic E-state index is 6.45. The molecule has 0 spiro atoms. The third-order valence-corrected chi connectivity index (χ3v) is 6.99. The summed E-state index contributed by atoms with van der Waals surface area (Å²) in [6, 6.07) is 23.3. The number of thiocarbonyl (C=S) groups is 1. The first-order chi connectivity index (χ1) is 16.1. The number of rotatable bonds is 5. The fourth-order valence-electron chi connectivity index (χ4n) is 4.16. The van der Waals surface area contributed by atoms with Gasteiger partial charge in [0.1, 0.15) is 17.6 Å². The minimum Gasteiger partial charge on any atom is -0.459 e. The van der Waals surface area contributed by atoms with Crippen molar-refractivity contribution in [2.75, 3.05) is 4.90 Å². The van der Waals surface area contributed by atoms with Gasteiger partial charge in [-0.05, 0) is 72.7 Å². The number of halogens is 2. The van der Waals surface area contributed by atoms with Gasteiger partial charge in [-0.1, -0.05) is 54.4 Å². The van der Waals surface area contributed by atoms with Crippen molar-refractivity contribution in [2.45, 2.75) is 25.4 Å². The number of hydrogen-bond acceptors (Lipinski definition) is 3. The lowest BCUT2D eigenvalue weighted by molar-refractivity contribution is 0.439. The molecule has 4 nitrogen and oxygen atoms in total. The first-order valence-corrected chi connectivity index (χ1v) is 11.9. The molecule has 1 N–H and O–H groups in total. The maximum Gasteiger partial charge on any atom is 0.174 e. The Bertz CT molecular complexity index is 1290. The highest BCUT2D eigenvalue weighted by Crippen LogP contribution is 2.44. The van der Waals surface area contributed by atoms with E-state index in [9.17, 15) is 0 Å². The molecule has 2 aromatic carbocycles. The van der Waals surface area contributed by atoms with Gasteiger partial charge in [0, 0.05) is 17.4 Å². The summed E-state index contributed by atoms with van der Waals surface area (Å²) in [6.45, 7) is 2.14. The lowest BCUT2D eigenvalue weighted by atomic mass is 10.0. The van der Waals surface area contributed by atoms with Crippen LogP contribution in [0.25, 0.3) is 11.3 Å². The summed E-state index contributed by atoms with van der Waals surface area (Å²) in [7, 11) is 0. The highest BCUT2D eigenvalue weighted by molar-refractivity contribution is 7.80. The van der Waals surface area contributed by atoms with Crippen LogP contribution >= 0.6 is 35.4 Å². The summed E-state index contributed by atoms with van der Waals surface area (Å²) in [4.78, 5) is 6.68. The normalized spacial score (nSPS) is 17.9. The smallest absolute Gasteiger partial charge is 0.174 e. The molecule has 33 heavy (non-hydrogen) atoms. The van der Waals surface area contributed by atoms with E-state index in [1.807, 2.05) is 42.5 Å². The Morgan fingerprint density at radius 1 is 1.00 bits per heavy atom. The number of benzene rings is 2. The third-order valence-electron chi connectivity index (χ3n) is 5.86. The molecule has 5 rings (SSSR count). The van der Waals surface area contributed by atoms with E-state index in [0.717, 1.165) is 29.1 Å². The molecule has 7 heteroatoms. The van der Waals surface area contributed by atoms with Crippen LogP contribution in [0.1, 0.15) is 36.0 Å². The Balaban J connectivity index is 1.60. The van der Waals surface area contributed by atoms with Gasteiger partial charge in [-0.15, -0.1) is 0 Å². The Morgan fingerprint density at radius 2 is 1.82 bits per heavy atom. The van der Waals surface area contributed by atoms with E-state index in [-0.39, 0.29) is 12.1 Å². The maximum atomic E-state index is 6.45. The van der Waals surface area contributed by atoms with Gasteiger partial charge in [-0.2, -0.15) is 0 Å². The first-order valence-electron chi connectivity index (χ1n) is 10.7. The van der Waals surface area contributed by atoms with E-state index in [2.05, 4.69) is 46.4 Å². The van der Waals surface area contributed by atoms with Crippen LogP contribution in [-0.2, 0) is 6.42 Å². The standard InChI is InChI=1S/C26H21Cl2N3OS/c1-2-16-9-11-17(12-10-16)31-25(24(30-26(31)33)20-8-3-4-15-29-20)22-14-13-21(32-22)18-6-5-7-19(27)23(18)28/h3-15,24-25H,2H2,1H3,(H,30,33). The van der Waals surface area contributed by atoms with Crippen molar-refractivity contribution in [2.24, 2.45) is 0 Å². The molecule has 2 aromatic heterocycles. The average Bonchev–Trinajstić information content (AvgIpc) is 3.46. The first kappa shape index (κ1) is 22.0. The lowest BCUT2D eigenvalue weighted by Crippen LogP contribution is -2.29. The number of furan rings is 1. The van der Waals surface area contributed by atoms with E-state index in [0.29, 0.717) is 20.9 Å². The number of aromatic nitrogens is 1. The summed E-state index contributed by atoms with van der Waals surface area (Å²) in [5.74, 6) is 1.40. The molecule has 3 heterocycles. The van der Waals surface area contributed by atoms with Gasteiger partial charge >= 0.3 is 0 Å². The minimum atomic E-state index is -0.230. The molecule has 0 bridgehead atoms. The Kier molecular flexibility index (Phi) is 6.11. The van der Waals surface area contributed by atoms with Gasteiger partial charge < -0.3 is 14.6 Å². The second-order valence-corrected chi connectivity index (χ2v) is 8.99. The molecule has 0 amide bonds. The summed E-state index contributed by atoms with van der Waals surface area (Å²) >= 11 is 18.5. The molecule has 2 unspecified atom stereocenters. The highest BCUT2D eigenvalue weighted by Gasteiger charge is 2.42. The van der Waals surface area contributed by atoms with Gasteiger partial charge in [0.25, 0.3) is 0 Å². The molecule has 1 aliphatic heterocycles. The van der Waals surface area contributed by atoms with E-state index in [1.54, 1.807) is 12.3 Å². The number of nitrogens with zero attached hydrogens (tertiary/aromatic N) is 2. The number of anilines is 1. The SMILES string of the molecule is CCc1ccc(N2C(=S)NC(c3ccccn3)C2c2ccc(-c3cccc(Cl)c3Cl)o2)cc1. The van der Waals surface area contributed by atoms with Crippen LogP contribution in [0.5, 0.6) is 0 Å². The van der Waals surface area contributed by atoms with Crippen LogP contribution < -0.4 is 10.2 Å². The largest absolute Gasteiger partial charge is 0.459 e. The van der Waals surface area contributed by atoms with Crippen molar-refractivity contribution in [3.05, 3.63) is 106 Å². The second-order valence-electron chi connectivity index (χ2n) is 7.82. The topological polar surface area (TPSA) is 41.3 Å². The van der Waals surface area contributed by atoms with Gasteiger partial charge in [-0.25, -0.2) is 0 Å². The second kappa shape index (κ2) is 9.18. The zero-order valence-electron chi connectivity index (χ0n) is 17.8. The van der Waals surface area contributed by atoms with Crippen LogP contribution in [0.3, 0.4) is 0 Å². The minimum absolute atomic E-state index is 0.182. The summed E-state index contributed by atoms with van der Waals surface area (Å²) in [5, 5.41) is 5.03. The molecule has 0 saturated carbocycles. The Labute approximate surface area is 208 Å². The van der Waals surface area contributed by atoms with Gasteiger partial charge in [0.2, 0.25) is 0 Å². The Hall–Kier alpha value is -2.86. The summed E-state index contributed by atoms with van der Waals surface area (Å²) in [6.07, 6.45) is 2.76. The van der Waals surface area contributed by atoms with Crippen LogP contribution in [0.2, 0.25) is 10.0 Å². The highest BCUT2D eigenvalue weighted by atomic mass is 35.5. The van der Waals surface area contributed by atoms with Crippen molar-refractivity contribution < 1.29 is 4.42 Å². The zero-order chi connectivity index (χ0) is 22.9. The van der Waals surface area contributed by atoms with Gasteiger partial charge in [0.15, 0.2) is 5.11 Å². The van der Waals surface area contributed by atoms with E-state index >= 15 is 0 Å². The molecule has 0 aliphatic carbocycles. The van der Waals surface area contributed by atoms with E-state index < -0.39 is 0 Å². The van der Waals surface area contributed by atoms with Crippen molar-refractivity contribution in [3.8, 4) is 11.3 Å². The summed E-state index contributed by atoms with van der Waals surface area (Å²) in [5.41, 5.74) is 3.89. The average molecular weight is 494 g/mol. The predicted molar refractivity (Wildman–Crippen MR) is 138 cm³/mol. The third kappa shape index (κ3) is 4.12. The quantitative estimate of drug-likeness (QED) is 0.293. The Morgan fingerprint density at radius 3 is 2.55 bits per heavy atom. The lowest BCUT2D eigenvalue weighted by Gasteiger charge is -2.26. The molecule has 1 aliphatic rings. The fourth-order valence-corrected chi connectivity index (χ4v) is 4.90. The zero-order valence-corrected chi connectivity index (χ0v) is 20.2. The van der Waals surface area contributed by atoms with Crippen molar-refractivity contribution in [1.82, 2.24) is 10.3 Å². The number of pyridine rings is 1. The van der Waals surface area contributed by atoms with Crippen LogP contribution in [0.4, 0.5) is 5.69 Å². The van der Waals surface area contributed by atoms with Crippen LogP contribution in [-0.4, -0.2) is 10.1 Å². The van der Waals surface area contributed by atoms with Crippen molar-refractivity contribution in [1.29, 1.82) is 0 Å². The molecular weight excluding hydrogens is 473 g/mol. The molecule has 4 aromatic rings. The molecular formula is C26H21Cl2N3OS. The van der Waals surface area contributed by atoms with Crippen LogP contribution in [0, 0.1) is 0 Å². The van der Waals surface area contributed by atoms with E-state index in [1.165, 1.54) is 5.56 Å². The molecule has 2 atom stereocenters. The summed E-state index contributed by atoms with van der Waals surface area (Å²) < 4.78 is 6.37. The van der Waals surface area contributed by atoms with Gasteiger partial charge in [-0.3, -0.25) is 4.98 Å². The molecule has 1 saturated heterocycles. The number of hydrogen-bond donors (Lipinski definition) is 1. The van der Waals surface area contributed by atoms with Gasteiger partial charge in [0.05, 0.1) is 21.8 Å². The predicted octanol–water partition coefficient (Wildman–Crippen LogP) is 7.39. The monoisotopic (exact) mass is 493 g/mol. The molecule has 166 valence electrons.